The highest BCUT2D eigenvalue weighted by atomic mass is 32.2. The number of fused-ring (bicyclic) bond motifs is 1. The van der Waals surface area contributed by atoms with Crippen LogP contribution < -0.4 is 10.0 Å². The fourth-order valence-corrected chi connectivity index (χ4v) is 4.15. The molecule has 1 saturated carbocycles. The van der Waals surface area contributed by atoms with Crippen LogP contribution >= 0.6 is 0 Å². The first-order valence-electron chi connectivity index (χ1n) is 6.51. The van der Waals surface area contributed by atoms with Gasteiger partial charge in [-0.25, -0.2) is 13.6 Å². The number of rotatable bonds is 2. The molecule has 1 aliphatic carbocycles. The van der Waals surface area contributed by atoms with E-state index in [0.717, 1.165) is 19.4 Å². The molecule has 6 heteroatoms. The number of para-hydroxylation sites is 1. The van der Waals surface area contributed by atoms with Crippen LogP contribution in [-0.2, 0) is 10.0 Å². The Hall–Kier alpha value is -1.11. The van der Waals surface area contributed by atoms with E-state index in [1.165, 1.54) is 6.07 Å². The quantitative estimate of drug-likeness (QED) is 0.829. The molecule has 1 heterocycles. The van der Waals surface area contributed by atoms with Crippen molar-refractivity contribution in [1.29, 1.82) is 0 Å². The van der Waals surface area contributed by atoms with Crippen molar-refractivity contribution in [1.82, 2.24) is 0 Å². The molecule has 1 aliphatic heterocycles. The first-order valence-corrected chi connectivity index (χ1v) is 8.06. The Bertz CT molecular complexity index is 587. The summed E-state index contributed by atoms with van der Waals surface area (Å²) in [5.74, 6) is 0.720. The van der Waals surface area contributed by atoms with Gasteiger partial charge in [-0.1, -0.05) is 12.1 Å². The Kier molecular flexibility index (Phi) is 3.03. The SMILES string of the molecule is NS(=O)(=O)c1ccccc1N1CC2CCC(O)C2C1. The standard InChI is InChI=1S/C13H18N2O3S/c14-19(17,18)13-4-2-1-3-11(13)15-7-9-5-6-12(16)10(9)8-15/h1-4,9-10,12,16H,5-8H2,(H2,14,17,18). The van der Waals surface area contributed by atoms with Crippen molar-refractivity contribution in [2.45, 2.75) is 23.8 Å². The summed E-state index contributed by atoms with van der Waals surface area (Å²) in [7, 11) is -3.71. The summed E-state index contributed by atoms with van der Waals surface area (Å²) in [6.45, 7) is 1.51. The van der Waals surface area contributed by atoms with Crippen LogP contribution in [0.25, 0.3) is 0 Å². The van der Waals surface area contributed by atoms with Gasteiger partial charge in [-0.3, -0.25) is 0 Å². The van der Waals surface area contributed by atoms with Crippen LogP contribution in [0.3, 0.4) is 0 Å². The van der Waals surface area contributed by atoms with E-state index in [1.807, 2.05) is 11.0 Å². The highest BCUT2D eigenvalue weighted by Gasteiger charge is 2.42. The highest BCUT2D eigenvalue weighted by molar-refractivity contribution is 7.89. The minimum absolute atomic E-state index is 0.171. The van der Waals surface area contributed by atoms with Crippen LogP contribution in [0, 0.1) is 11.8 Å². The molecule has 2 fully saturated rings. The molecular weight excluding hydrogens is 264 g/mol. The monoisotopic (exact) mass is 282 g/mol. The molecule has 0 aromatic heterocycles. The topological polar surface area (TPSA) is 83.6 Å². The van der Waals surface area contributed by atoms with E-state index in [2.05, 4.69) is 0 Å². The second-order valence-corrected chi connectivity index (χ2v) is 7.02. The Morgan fingerprint density at radius 2 is 1.95 bits per heavy atom. The van der Waals surface area contributed by atoms with E-state index in [-0.39, 0.29) is 16.9 Å². The van der Waals surface area contributed by atoms with Gasteiger partial charge < -0.3 is 10.0 Å². The van der Waals surface area contributed by atoms with Gasteiger partial charge in [0.15, 0.2) is 0 Å². The molecule has 1 saturated heterocycles. The van der Waals surface area contributed by atoms with Gasteiger partial charge in [0.05, 0.1) is 11.8 Å². The molecule has 2 aliphatic rings. The molecule has 0 bridgehead atoms. The van der Waals surface area contributed by atoms with Gasteiger partial charge in [0.2, 0.25) is 10.0 Å². The van der Waals surface area contributed by atoms with Crippen molar-refractivity contribution < 1.29 is 13.5 Å². The summed E-state index contributed by atoms with van der Waals surface area (Å²) < 4.78 is 23.2. The van der Waals surface area contributed by atoms with E-state index in [0.29, 0.717) is 18.2 Å². The minimum atomic E-state index is -3.71. The second kappa shape index (κ2) is 4.47. The maximum absolute atomic E-state index is 11.6. The molecule has 3 atom stereocenters. The van der Waals surface area contributed by atoms with Gasteiger partial charge in [-0.15, -0.1) is 0 Å². The third-order valence-electron chi connectivity index (χ3n) is 4.33. The smallest absolute Gasteiger partial charge is 0.240 e. The molecule has 0 amide bonds. The van der Waals surface area contributed by atoms with Crippen molar-refractivity contribution in [2.24, 2.45) is 17.0 Å². The molecule has 5 nitrogen and oxygen atoms in total. The van der Waals surface area contributed by atoms with Gasteiger partial charge in [0.1, 0.15) is 4.90 Å². The molecular formula is C13H18N2O3S. The Labute approximate surface area is 113 Å². The van der Waals surface area contributed by atoms with Crippen LogP contribution in [0.2, 0.25) is 0 Å². The summed E-state index contributed by atoms with van der Waals surface area (Å²) in [5, 5.41) is 15.2. The maximum atomic E-state index is 11.6. The number of primary sulfonamides is 1. The Morgan fingerprint density at radius 3 is 2.63 bits per heavy atom. The molecule has 1 aromatic carbocycles. The lowest BCUT2D eigenvalue weighted by Gasteiger charge is -2.22. The number of nitrogens with two attached hydrogens (primary N) is 1. The van der Waals surface area contributed by atoms with Crippen molar-refractivity contribution in [3.63, 3.8) is 0 Å². The predicted octanol–water partition coefficient (Wildman–Crippen LogP) is 0.541. The fourth-order valence-electron chi connectivity index (χ4n) is 3.39. The van der Waals surface area contributed by atoms with Gasteiger partial charge >= 0.3 is 0 Å². The lowest BCUT2D eigenvalue weighted by atomic mass is 10.00. The zero-order valence-electron chi connectivity index (χ0n) is 10.6. The third kappa shape index (κ3) is 2.24. The number of nitrogens with zero attached hydrogens (tertiary/aromatic N) is 1. The van der Waals surface area contributed by atoms with Crippen LogP contribution in [0.15, 0.2) is 29.2 Å². The third-order valence-corrected chi connectivity index (χ3v) is 5.29. The average molecular weight is 282 g/mol. The van der Waals surface area contributed by atoms with E-state index >= 15 is 0 Å². The number of hydrogen-bond donors (Lipinski definition) is 2. The molecule has 0 radical (unpaired) electrons. The number of hydrogen-bond acceptors (Lipinski definition) is 4. The van der Waals surface area contributed by atoms with E-state index < -0.39 is 10.0 Å². The molecule has 104 valence electrons. The summed E-state index contributed by atoms with van der Waals surface area (Å²) in [5.41, 5.74) is 0.659. The molecule has 3 N–H and O–H groups in total. The first kappa shape index (κ1) is 12.9. The van der Waals surface area contributed by atoms with Crippen molar-refractivity contribution >= 4 is 15.7 Å². The summed E-state index contributed by atoms with van der Waals surface area (Å²) >= 11 is 0. The van der Waals surface area contributed by atoms with E-state index in [1.54, 1.807) is 12.1 Å². The molecule has 1 aromatic rings. The largest absolute Gasteiger partial charge is 0.393 e. The van der Waals surface area contributed by atoms with Crippen molar-refractivity contribution in [3.05, 3.63) is 24.3 Å². The summed E-state index contributed by atoms with van der Waals surface area (Å²) in [6, 6.07) is 6.81. The van der Waals surface area contributed by atoms with Crippen molar-refractivity contribution in [2.75, 3.05) is 18.0 Å². The van der Waals surface area contributed by atoms with E-state index in [4.69, 9.17) is 5.14 Å². The molecule has 0 spiro atoms. The number of benzene rings is 1. The van der Waals surface area contributed by atoms with Gasteiger partial charge in [0.25, 0.3) is 0 Å². The maximum Gasteiger partial charge on any atom is 0.240 e. The molecule has 3 unspecified atom stereocenters. The normalized spacial score (nSPS) is 30.6. The zero-order valence-corrected chi connectivity index (χ0v) is 11.4. The summed E-state index contributed by atoms with van der Waals surface area (Å²) in [6.07, 6.45) is 1.62. The molecule has 19 heavy (non-hydrogen) atoms. The lowest BCUT2D eigenvalue weighted by molar-refractivity contribution is 0.133. The minimum Gasteiger partial charge on any atom is -0.393 e. The van der Waals surface area contributed by atoms with Gasteiger partial charge in [0, 0.05) is 19.0 Å². The van der Waals surface area contributed by atoms with Crippen LogP contribution in [-0.4, -0.2) is 32.7 Å². The zero-order chi connectivity index (χ0) is 13.6. The van der Waals surface area contributed by atoms with Crippen molar-refractivity contribution in [3.8, 4) is 0 Å². The lowest BCUT2D eigenvalue weighted by Crippen LogP contribution is -2.26. The van der Waals surface area contributed by atoms with Crippen LogP contribution in [0.5, 0.6) is 0 Å². The number of aliphatic hydroxyl groups excluding tert-OH is 1. The number of aliphatic hydroxyl groups is 1. The average Bonchev–Trinajstić information content (AvgIpc) is 2.91. The van der Waals surface area contributed by atoms with Crippen LogP contribution in [0.1, 0.15) is 12.8 Å². The Morgan fingerprint density at radius 1 is 1.21 bits per heavy atom. The van der Waals surface area contributed by atoms with Gasteiger partial charge in [-0.2, -0.15) is 0 Å². The van der Waals surface area contributed by atoms with Gasteiger partial charge in [-0.05, 0) is 30.9 Å². The van der Waals surface area contributed by atoms with E-state index in [9.17, 15) is 13.5 Å². The fraction of sp³-hybridized carbons (Fsp3) is 0.538. The van der Waals surface area contributed by atoms with Crippen LogP contribution in [0.4, 0.5) is 5.69 Å². The number of anilines is 1. The predicted molar refractivity (Wildman–Crippen MR) is 72.2 cm³/mol. The Balaban J connectivity index is 1.93. The first-order chi connectivity index (χ1) is 8.97. The molecule has 3 rings (SSSR count). The summed E-state index contributed by atoms with van der Waals surface area (Å²) in [4.78, 5) is 2.21. The highest BCUT2D eigenvalue weighted by Crippen LogP contribution is 2.41. The number of sulfonamides is 1. The second-order valence-electron chi connectivity index (χ2n) is 5.49.